The molecule has 0 radical (unpaired) electrons. The van der Waals surface area contributed by atoms with Crippen molar-refractivity contribution in [3.63, 3.8) is 0 Å². The Morgan fingerprint density at radius 1 is 0.806 bits per heavy atom. The Hall–Kier alpha value is -2.19. The summed E-state index contributed by atoms with van der Waals surface area (Å²) in [5, 5.41) is 1.34. The van der Waals surface area contributed by atoms with Gasteiger partial charge in [-0.2, -0.15) is 0 Å². The van der Waals surface area contributed by atoms with E-state index in [0.29, 0.717) is 5.56 Å². The first-order chi connectivity index (χ1) is 15.6. The minimum atomic E-state index is -2.19. The predicted octanol–water partition coefficient (Wildman–Crippen LogP) is 7.62. The molecule has 1 aliphatic rings. The Balaban J connectivity index is 1.92. The Morgan fingerprint density at radius 3 is 2.16 bits per heavy atom. The van der Waals surface area contributed by atoms with Crippen molar-refractivity contribution in [2.45, 2.75) is 77.9 Å². The molecule has 0 bridgehead atoms. The smallest absolute Gasteiger partial charge is 0.0777 e. The molecule has 0 amide bonds. The Kier molecular flexibility index (Phi) is 4.42. The molecule has 0 aliphatic heterocycles. The van der Waals surface area contributed by atoms with Crippen LogP contribution in [0.4, 0.5) is 0 Å². The number of aryl methyl sites for hydroxylation is 1. The normalized spacial score (nSPS) is 19.1. The zero-order valence-electron chi connectivity index (χ0n) is 23.1. The molecule has 0 unspecified atom stereocenters. The van der Waals surface area contributed by atoms with E-state index in [1.54, 1.807) is 6.07 Å². The summed E-state index contributed by atoms with van der Waals surface area (Å²) in [4.78, 5) is 4.64. The molecule has 31 heavy (non-hydrogen) atoms. The van der Waals surface area contributed by atoms with E-state index in [-0.39, 0.29) is 10.8 Å². The first-order valence-electron chi connectivity index (χ1n) is 12.9. The van der Waals surface area contributed by atoms with Gasteiger partial charge in [-0.05, 0) is 76.5 Å². The van der Waals surface area contributed by atoms with E-state index >= 15 is 0 Å². The molecule has 0 fully saturated rings. The average Bonchev–Trinajstić information content (AvgIpc) is 2.75. The standard InChI is InChI=1S/C29H37NSi/c1-20-9-10-22(27-19-23(13-16-30-27)31(6,7)8)17-24(20)21-11-12-25-26(18-21)29(4,5)15-14-28(25,2)3/h9-13,16-19H,14-15H2,1-8H3/i1D3. The highest BCUT2D eigenvalue weighted by Gasteiger charge is 2.37. The topological polar surface area (TPSA) is 12.9 Å². The second kappa shape index (κ2) is 7.45. The van der Waals surface area contributed by atoms with Crippen molar-refractivity contribution in [2.24, 2.45) is 0 Å². The Morgan fingerprint density at radius 2 is 1.48 bits per heavy atom. The van der Waals surface area contributed by atoms with Gasteiger partial charge in [0.15, 0.2) is 0 Å². The largest absolute Gasteiger partial charge is 0.256 e. The van der Waals surface area contributed by atoms with Crippen LogP contribution in [0.1, 0.15) is 61.3 Å². The van der Waals surface area contributed by atoms with Gasteiger partial charge in [-0.25, -0.2) is 0 Å². The van der Waals surface area contributed by atoms with Crippen molar-refractivity contribution >= 4 is 13.3 Å². The van der Waals surface area contributed by atoms with E-state index in [2.05, 4.69) is 82.7 Å². The average molecular weight is 431 g/mol. The lowest BCUT2D eigenvalue weighted by Gasteiger charge is -2.42. The molecule has 0 N–H and O–H groups in total. The number of rotatable bonds is 3. The summed E-state index contributed by atoms with van der Waals surface area (Å²) in [5.74, 6) is 0. The molecular weight excluding hydrogens is 390 g/mol. The van der Waals surface area contributed by atoms with Crippen LogP contribution in [0.5, 0.6) is 0 Å². The number of pyridine rings is 1. The molecule has 1 heterocycles. The molecule has 0 spiro atoms. The van der Waals surface area contributed by atoms with Crippen LogP contribution in [-0.2, 0) is 10.8 Å². The molecule has 2 aromatic carbocycles. The van der Waals surface area contributed by atoms with E-state index in [9.17, 15) is 0 Å². The van der Waals surface area contributed by atoms with E-state index in [4.69, 9.17) is 4.11 Å². The van der Waals surface area contributed by atoms with Crippen molar-refractivity contribution in [2.75, 3.05) is 0 Å². The van der Waals surface area contributed by atoms with Gasteiger partial charge in [0.1, 0.15) is 0 Å². The molecule has 162 valence electrons. The van der Waals surface area contributed by atoms with Crippen molar-refractivity contribution in [1.82, 2.24) is 4.98 Å². The first kappa shape index (κ1) is 18.4. The number of nitrogens with zero attached hydrogens (tertiary/aromatic N) is 1. The van der Waals surface area contributed by atoms with Crippen molar-refractivity contribution in [3.8, 4) is 22.4 Å². The summed E-state index contributed by atoms with van der Waals surface area (Å²) < 4.78 is 24.6. The van der Waals surface area contributed by atoms with Gasteiger partial charge in [-0.1, -0.05) is 82.9 Å². The van der Waals surface area contributed by atoms with E-state index in [1.165, 1.54) is 16.3 Å². The van der Waals surface area contributed by atoms with Crippen molar-refractivity contribution in [1.29, 1.82) is 0 Å². The summed E-state index contributed by atoms with van der Waals surface area (Å²) >= 11 is 0. The highest BCUT2D eigenvalue weighted by Crippen LogP contribution is 2.47. The lowest BCUT2D eigenvalue weighted by Crippen LogP contribution is -2.37. The molecule has 1 nitrogen and oxygen atoms in total. The van der Waals surface area contributed by atoms with Crippen molar-refractivity contribution < 1.29 is 4.11 Å². The van der Waals surface area contributed by atoms with Crippen LogP contribution < -0.4 is 5.19 Å². The lowest BCUT2D eigenvalue weighted by molar-refractivity contribution is 0.332. The SMILES string of the molecule is [2H]C([2H])([2H])c1ccc(-c2cc([Si](C)(C)C)ccn2)cc1-c1ccc2c(c1)C(C)(C)CCC2(C)C. The Bertz CT molecular complexity index is 1230. The zero-order valence-corrected chi connectivity index (χ0v) is 21.1. The minimum absolute atomic E-state index is 0.0614. The van der Waals surface area contributed by atoms with Gasteiger partial charge in [-0.3, -0.25) is 4.98 Å². The van der Waals surface area contributed by atoms with Gasteiger partial charge in [-0.15, -0.1) is 0 Å². The second-order valence-corrected chi connectivity index (χ2v) is 16.5. The van der Waals surface area contributed by atoms with Crippen LogP contribution in [0, 0.1) is 6.85 Å². The number of hydrogen-bond acceptors (Lipinski definition) is 1. The maximum Gasteiger partial charge on any atom is 0.0777 e. The summed E-state index contributed by atoms with van der Waals surface area (Å²) in [6.07, 6.45) is 4.15. The van der Waals surface area contributed by atoms with E-state index in [1.807, 2.05) is 18.3 Å². The highest BCUT2D eigenvalue weighted by molar-refractivity contribution is 6.88. The van der Waals surface area contributed by atoms with Crippen LogP contribution in [0.25, 0.3) is 22.4 Å². The predicted molar refractivity (Wildman–Crippen MR) is 138 cm³/mol. The van der Waals surface area contributed by atoms with Gasteiger partial charge >= 0.3 is 0 Å². The monoisotopic (exact) mass is 430 g/mol. The third kappa shape index (κ3) is 4.15. The van der Waals surface area contributed by atoms with Gasteiger partial charge in [0.25, 0.3) is 0 Å². The number of fused-ring (bicyclic) bond motifs is 1. The fraction of sp³-hybridized carbons (Fsp3) is 0.414. The second-order valence-electron chi connectivity index (χ2n) is 11.5. The summed E-state index contributed by atoms with van der Waals surface area (Å²) in [5.41, 5.74) is 6.90. The van der Waals surface area contributed by atoms with Crippen LogP contribution in [0.3, 0.4) is 0 Å². The zero-order chi connectivity index (χ0) is 25.1. The van der Waals surface area contributed by atoms with Crippen LogP contribution in [0.2, 0.25) is 19.6 Å². The van der Waals surface area contributed by atoms with E-state index in [0.717, 1.165) is 35.2 Å². The van der Waals surface area contributed by atoms with E-state index < -0.39 is 14.9 Å². The van der Waals surface area contributed by atoms with Crippen LogP contribution in [-0.4, -0.2) is 13.1 Å². The Labute approximate surface area is 194 Å². The van der Waals surface area contributed by atoms with Gasteiger partial charge in [0, 0.05) is 15.9 Å². The molecule has 2 heteroatoms. The third-order valence-corrected chi connectivity index (χ3v) is 9.15. The lowest BCUT2D eigenvalue weighted by atomic mass is 9.63. The molecule has 1 aliphatic carbocycles. The van der Waals surface area contributed by atoms with Crippen LogP contribution in [0.15, 0.2) is 54.7 Å². The quantitative estimate of drug-likeness (QED) is 0.389. The van der Waals surface area contributed by atoms with Gasteiger partial charge < -0.3 is 0 Å². The minimum Gasteiger partial charge on any atom is -0.256 e. The molecule has 0 saturated heterocycles. The summed E-state index contributed by atoms with van der Waals surface area (Å²) in [7, 11) is -1.49. The first-order valence-corrected chi connectivity index (χ1v) is 14.9. The third-order valence-electron chi connectivity index (χ3n) is 7.11. The molecule has 3 aromatic rings. The number of aromatic nitrogens is 1. The van der Waals surface area contributed by atoms with Crippen LogP contribution >= 0.6 is 0 Å². The van der Waals surface area contributed by atoms with Gasteiger partial charge in [0.2, 0.25) is 0 Å². The number of benzene rings is 2. The number of hydrogen-bond donors (Lipinski definition) is 0. The fourth-order valence-corrected chi connectivity index (χ4v) is 5.90. The molecular formula is C29H37NSi. The fourth-order valence-electron chi connectivity index (χ4n) is 4.75. The van der Waals surface area contributed by atoms with Gasteiger partial charge in [0.05, 0.1) is 13.8 Å². The summed E-state index contributed by atoms with van der Waals surface area (Å²) in [6, 6.07) is 16.6. The molecule has 0 atom stereocenters. The maximum absolute atomic E-state index is 8.21. The molecule has 4 rings (SSSR count). The summed E-state index contributed by atoms with van der Waals surface area (Å²) in [6.45, 7) is 14.0. The maximum atomic E-state index is 8.21. The molecule has 1 aromatic heterocycles. The highest BCUT2D eigenvalue weighted by atomic mass is 28.3. The van der Waals surface area contributed by atoms with Crippen molar-refractivity contribution in [3.05, 3.63) is 71.4 Å². The molecule has 0 saturated carbocycles.